The Bertz CT molecular complexity index is 766. The summed E-state index contributed by atoms with van der Waals surface area (Å²) in [7, 11) is 0. The van der Waals surface area contributed by atoms with Gasteiger partial charge in [-0.3, -0.25) is 14.8 Å². The van der Waals surface area contributed by atoms with Crippen LogP contribution in [0.3, 0.4) is 0 Å². The highest BCUT2D eigenvalue weighted by Crippen LogP contribution is 2.34. The molecule has 0 atom stereocenters. The summed E-state index contributed by atoms with van der Waals surface area (Å²) in [6.45, 7) is 0. The number of nitrogens with one attached hydrogen (secondary N) is 2. The van der Waals surface area contributed by atoms with E-state index in [0.29, 0.717) is 22.4 Å². The van der Waals surface area contributed by atoms with Crippen LogP contribution in [0.15, 0.2) is 54.6 Å². The SMILES string of the molecule is O=C(/C=C1\c2ccccc2NC(=O)c2ccccc21)NO. The maximum absolute atomic E-state index is 12.3. The van der Waals surface area contributed by atoms with Crippen molar-refractivity contribution >= 4 is 23.1 Å². The summed E-state index contributed by atoms with van der Waals surface area (Å²) in [5.41, 5.74) is 4.62. The molecule has 1 aliphatic heterocycles. The number of hydroxylamine groups is 1. The van der Waals surface area contributed by atoms with Crippen molar-refractivity contribution < 1.29 is 14.8 Å². The van der Waals surface area contributed by atoms with Crippen LogP contribution in [0.4, 0.5) is 5.69 Å². The molecule has 0 saturated carbocycles. The molecule has 0 saturated heterocycles. The monoisotopic (exact) mass is 280 g/mol. The average molecular weight is 280 g/mol. The van der Waals surface area contributed by atoms with Crippen LogP contribution < -0.4 is 10.8 Å². The van der Waals surface area contributed by atoms with Gasteiger partial charge in [0.25, 0.3) is 11.8 Å². The van der Waals surface area contributed by atoms with E-state index in [-0.39, 0.29) is 5.91 Å². The molecule has 0 bridgehead atoms. The molecular formula is C16H12N2O3. The first kappa shape index (κ1) is 13.1. The number of carbonyl (C=O) groups excluding carboxylic acids is 2. The topological polar surface area (TPSA) is 78.4 Å². The van der Waals surface area contributed by atoms with Crippen LogP contribution in [0, 0.1) is 0 Å². The van der Waals surface area contributed by atoms with Gasteiger partial charge < -0.3 is 5.32 Å². The number of rotatable bonds is 1. The summed E-state index contributed by atoms with van der Waals surface area (Å²) < 4.78 is 0. The standard InChI is InChI=1S/C16H12N2O3/c19-15(18-21)9-13-10-5-1-2-7-12(10)16(20)17-14-8-4-3-6-11(13)14/h1-9,21H,(H,17,20)(H,18,19)/b13-9-. The second kappa shape index (κ2) is 5.22. The predicted octanol–water partition coefficient (Wildman–Crippen LogP) is 2.19. The molecule has 2 amide bonds. The number of anilines is 1. The minimum atomic E-state index is -0.649. The molecule has 0 aliphatic carbocycles. The fourth-order valence-electron chi connectivity index (χ4n) is 2.40. The molecule has 1 heterocycles. The molecule has 1 aliphatic rings. The van der Waals surface area contributed by atoms with Crippen LogP contribution in [0.25, 0.3) is 5.57 Å². The number of benzene rings is 2. The van der Waals surface area contributed by atoms with Gasteiger partial charge in [-0.25, -0.2) is 5.48 Å². The molecule has 0 radical (unpaired) electrons. The van der Waals surface area contributed by atoms with Crippen LogP contribution in [-0.4, -0.2) is 17.0 Å². The Kier molecular flexibility index (Phi) is 3.25. The normalized spacial score (nSPS) is 14.7. The summed E-state index contributed by atoms with van der Waals surface area (Å²) in [6, 6.07) is 14.2. The van der Waals surface area contributed by atoms with E-state index in [1.807, 2.05) is 12.1 Å². The highest BCUT2D eigenvalue weighted by molar-refractivity contribution is 6.14. The zero-order chi connectivity index (χ0) is 14.8. The minimum Gasteiger partial charge on any atom is -0.321 e. The lowest BCUT2D eigenvalue weighted by atomic mass is 9.94. The van der Waals surface area contributed by atoms with Crippen LogP contribution in [0.1, 0.15) is 21.5 Å². The van der Waals surface area contributed by atoms with Gasteiger partial charge in [0.15, 0.2) is 0 Å². The predicted molar refractivity (Wildman–Crippen MR) is 77.8 cm³/mol. The quantitative estimate of drug-likeness (QED) is 0.425. The molecule has 104 valence electrons. The number of para-hydroxylation sites is 1. The van der Waals surface area contributed by atoms with Gasteiger partial charge in [-0.2, -0.15) is 0 Å². The van der Waals surface area contributed by atoms with E-state index in [9.17, 15) is 9.59 Å². The summed E-state index contributed by atoms with van der Waals surface area (Å²) >= 11 is 0. The van der Waals surface area contributed by atoms with Crippen LogP contribution in [0.5, 0.6) is 0 Å². The van der Waals surface area contributed by atoms with Crippen molar-refractivity contribution in [1.82, 2.24) is 5.48 Å². The lowest BCUT2D eigenvalue weighted by Crippen LogP contribution is -2.16. The molecule has 0 aromatic heterocycles. The largest absolute Gasteiger partial charge is 0.321 e. The zero-order valence-electron chi connectivity index (χ0n) is 11.0. The lowest BCUT2D eigenvalue weighted by molar-refractivity contribution is -0.124. The second-order valence-corrected chi connectivity index (χ2v) is 4.58. The Labute approximate surface area is 120 Å². The van der Waals surface area contributed by atoms with E-state index in [1.54, 1.807) is 41.9 Å². The van der Waals surface area contributed by atoms with Gasteiger partial charge in [0, 0.05) is 22.9 Å². The average Bonchev–Trinajstić information content (AvgIpc) is 2.63. The van der Waals surface area contributed by atoms with Crippen molar-refractivity contribution in [2.24, 2.45) is 0 Å². The van der Waals surface area contributed by atoms with Gasteiger partial charge in [-0.15, -0.1) is 0 Å². The van der Waals surface area contributed by atoms with Gasteiger partial charge in [0.2, 0.25) is 0 Å². The Morgan fingerprint density at radius 2 is 1.62 bits per heavy atom. The first-order chi connectivity index (χ1) is 10.2. The molecule has 21 heavy (non-hydrogen) atoms. The number of amides is 2. The zero-order valence-corrected chi connectivity index (χ0v) is 11.0. The second-order valence-electron chi connectivity index (χ2n) is 4.58. The molecule has 3 N–H and O–H groups in total. The highest BCUT2D eigenvalue weighted by atomic mass is 16.5. The Hall–Kier alpha value is -2.92. The maximum atomic E-state index is 12.3. The molecule has 3 rings (SSSR count). The number of fused-ring (bicyclic) bond motifs is 2. The summed E-state index contributed by atoms with van der Waals surface area (Å²) in [6.07, 6.45) is 1.28. The summed E-state index contributed by atoms with van der Waals surface area (Å²) in [4.78, 5) is 23.8. The van der Waals surface area contributed by atoms with E-state index in [0.717, 1.165) is 5.56 Å². The molecule has 5 nitrogen and oxygen atoms in total. The van der Waals surface area contributed by atoms with Gasteiger partial charge in [0.1, 0.15) is 0 Å². The third kappa shape index (κ3) is 2.30. The van der Waals surface area contributed by atoms with E-state index >= 15 is 0 Å². The first-order valence-corrected chi connectivity index (χ1v) is 6.36. The van der Waals surface area contributed by atoms with Gasteiger partial charge in [-0.1, -0.05) is 36.4 Å². The number of hydrogen-bond donors (Lipinski definition) is 3. The smallest absolute Gasteiger partial charge is 0.267 e. The first-order valence-electron chi connectivity index (χ1n) is 6.36. The van der Waals surface area contributed by atoms with Crippen molar-refractivity contribution in [3.63, 3.8) is 0 Å². The molecule has 2 aromatic carbocycles. The van der Waals surface area contributed by atoms with Gasteiger partial charge in [0.05, 0.1) is 0 Å². The highest BCUT2D eigenvalue weighted by Gasteiger charge is 2.22. The summed E-state index contributed by atoms with van der Waals surface area (Å²) in [5, 5.41) is 11.6. The molecule has 0 unspecified atom stereocenters. The van der Waals surface area contributed by atoms with Crippen LogP contribution in [-0.2, 0) is 4.79 Å². The van der Waals surface area contributed by atoms with Gasteiger partial charge >= 0.3 is 0 Å². The Morgan fingerprint density at radius 3 is 2.33 bits per heavy atom. The third-order valence-electron chi connectivity index (χ3n) is 3.31. The Balaban J connectivity index is 2.31. The van der Waals surface area contributed by atoms with Crippen LogP contribution in [0.2, 0.25) is 0 Å². The van der Waals surface area contributed by atoms with E-state index < -0.39 is 5.91 Å². The van der Waals surface area contributed by atoms with E-state index in [4.69, 9.17) is 5.21 Å². The molecule has 2 aromatic rings. The maximum Gasteiger partial charge on any atom is 0.267 e. The van der Waals surface area contributed by atoms with Crippen molar-refractivity contribution in [2.45, 2.75) is 0 Å². The summed E-state index contributed by atoms with van der Waals surface area (Å²) in [5.74, 6) is -0.880. The van der Waals surface area contributed by atoms with Crippen molar-refractivity contribution in [3.8, 4) is 0 Å². The molecule has 5 heteroatoms. The van der Waals surface area contributed by atoms with Gasteiger partial charge in [-0.05, 0) is 23.3 Å². The molecule has 0 spiro atoms. The molecule has 0 fully saturated rings. The number of carbonyl (C=O) groups is 2. The van der Waals surface area contributed by atoms with E-state index in [2.05, 4.69) is 5.32 Å². The molecular weight excluding hydrogens is 268 g/mol. The van der Waals surface area contributed by atoms with Crippen LogP contribution >= 0.6 is 0 Å². The van der Waals surface area contributed by atoms with Crippen molar-refractivity contribution in [1.29, 1.82) is 0 Å². The lowest BCUT2D eigenvalue weighted by Gasteiger charge is -2.09. The number of hydrogen-bond acceptors (Lipinski definition) is 3. The Morgan fingerprint density at radius 1 is 1.00 bits per heavy atom. The van der Waals surface area contributed by atoms with E-state index in [1.165, 1.54) is 6.08 Å². The fourth-order valence-corrected chi connectivity index (χ4v) is 2.40. The third-order valence-corrected chi connectivity index (χ3v) is 3.31. The van der Waals surface area contributed by atoms with Crippen molar-refractivity contribution in [3.05, 3.63) is 71.3 Å². The fraction of sp³-hybridized carbons (Fsp3) is 0. The minimum absolute atomic E-state index is 0.231. The van der Waals surface area contributed by atoms with Crippen molar-refractivity contribution in [2.75, 3.05) is 5.32 Å².